The van der Waals surface area contributed by atoms with Gasteiger partial charge in [-0.1, -0.05) is 84.9 Å². The van der Waals surface area contributed by atoms with Crippen molar-refractivity contribution in [3.05, 3.63) is 119 Å². The Morgan fingerprint density at radius 1 is 0.579 bits per heavy atom. The highest BCUT2D eigenvalue weighted by Gasteiger charge is 2.25. The molecule has 0 saturated heterocycles. The molecular weight excluding hydrogens is 480 g/mol. The van der Waals surface area contributed by atoms with Crippen molar-refractivity contribution in [2.45, 2.75) is 12.8 Å². The smallest absolute Gasteiger partial charge is 0.340 e. The molecule has 0 atom stereocenters. The lowest BCUT2D eigenvalue weighted by molar-refractivity contribution is 0.0646. The number of aromatic carboxylic acids is 2. The Kier molecular flexibility index (Phi) is 7.22. The molecule has 0 spiro atoms. The molecule has 2 N–H and O–H groups in total. The average Bonchev–Trinajstić information content (AvgIpc) is 2.93. The number of carboxylic acid groups (broad SMARTS) is 2. The minimum absolute atomic E-state index is 0.0736. The van der Waals surface area contributed by atoms with Gasteiger partial charge in [-0.3, -0.25) is 0 Å². The number of carboxylic acids is 2. The topological polar surface area (TPSA) is 93.1 Å². The van der Waals surface area contributed by atoms with Crippen LogP contribution in [0, 0.1) is 0 Å². The first-order valence-electron chi connectivity index (χ1n) is 12.4. The minimum atomic E-state index is -1.39. The monoisotopic (exact) mass is 506 g/mol. The maximum atomic E-state index is 12.2. The van der Waals surface area contributed by atoms with Crippen LogP contribution in [0.4, 0.5) is 0 Å². The molecular formula is C32H26O6. The van der Waals surface area contributed by atoms with Crippen LogP contribution in [0.3, 0.4) is 0 Å². The van der Waals surface area contributed by atoms with Crippen LogP contribution >= 0.6 is 0 Å². The van der Waals surface area contributed by atoms with Gasteiger partial charge in [-0.15, -0.1) is 0 Å². The highest BCUT2D eigenvalue weighted by molar-refractivity contribution is 6.04. The van der Waals surface area contributed by atoms with Gasteiger partial charge in [-0.2, -0.15) is 0 Å². The Bertz CT molecular complexity index is 1630. The SMILES string of the molecule is O=C(O)c1ccc(OCCc2cccc3ccccc23)c(OCCc2cccc3ccccc23)c1C(=O)O. The van der Waals surface area contributed by atoms with Gasteiger partial charge in [0.25, 0.3) is 0 Å². The number of carbonyl (C=O) groups is 2. The predicted octanol–water partition coefficient (Wildman–Crippen LogP) is 6.63. The van der Waals surface area contributed by atoms with Crippen LogP contribution in [-0.4, -0.2) is 35.4 Å². The van der Waals surface area contributed by atoms with Crippen LogP contribution in [0.1, 0.15) is 31.8 Å². The van der Waals surface area contributed by atoms with E-state index in [9.17, 15) is 19.8 Å². The summed E-state index contributed by atoms with van der Waals surface area (Å²) in [7, 11) is 0. The second-order valence-corrected chi connectivity index (χ2v) is 8.90. The average molecular weight is 507 g/mol. The molecule has 38 heavy (non-hydrogen) atoms. The van der Waals surface area contributed by atoms with Crippen molar-refractivity contribution in [1.29, 1.82) is 0 Å². The van der Waals surface area contributed by atoms with Crippen LogP contribution in [0.15, 0.2) is 97.1 Å². The molecule has 0 unspecified atom stereocenters. The molecule has 6 heteroatoms. The maximum absolute atomic E-state index is 12.2. The summed E-state index contributed by atoms with van der Waals surface area (Å²) >= 11 is 0. The summed E-state index contributed by atoms with van der Waals surface area (Å²) < 4.78 is 12.0. The molecule has 0 fully saturated rings. The summed E-state index contributed by atoms with van der Waals surface area (Å²) in [5, 5.41) is 24.0. The predicted molar refractivity (Wildman–Crippen MR) is 147 cm³/mol. The normalized spacial score (nSPS) is 10.9. The van der Waals surface area contributed by atoms with Gasteiger partial charge in [-0.25, -0.2) is 9.59 Å². The van der Waals surface area contributed by atoms with E-state index >= 15 is 0 Å². The number of hydrogen-bond donors (Lipinski definition) is 2. The Hall–Kier alpha value is -4.84. The van der Waals surface area contributed by atoms with Gasteiger partial charge < -0.3 is 19.7 Å². The van der Waals surface area contributed by atoms with E-state index in [1.807, 2.05) is 78.9 Å². The van der Waals surface area contributed by atoms with Crippen LogP contribution in [0.2, 0.25) is 0 Å². The Morgan fingerprint density at radius 3 is 1.66 bits per heavy atom. The van der Waals surface area contributed by atoms with E-state index in [1.54, 1.807) is 0 Å². The van der Waals surface area contributed by atoms with E-state index in [-0.39, 0.29) is 30.3 Å². The summed E-state index contributed by atoms with van der Waals surface area (Å²) in [6.45, 7) is 0.413. The molecule has 0 aliphatic carbocycles. The van der Waals surface area contributed by atoms with Gasteiger partial charge >= 0.3 is 11.9 Å². The lowest BCUT2D eigenvalue weighted by atomic mass is 10.0. The summed E-state index contributed by atoms with van der Waals surface area (Å²) in [6, 6.07) is 30.8. The van der Waals surface area contributed by atoms with Crippen molar-refractivity contribution in [1.82, 2.24) is 0 Å². The number of hydrogen-bond acceptors (Lipinski definition) is 4. The maximum Gasteiger partial charge on any atom is 0.340 e. The van der Waals surface area contributed by atoms with Crippen LogP contribution in [-0.2, 0) is 12.8 Å². The minimum Gasteiger partial charge on any atom is -0.489 e. The summed E-state index contributed by atoms with van der Waals surface area (Å²) in [5.41, 5.74) is 1.38. The number of ether oxygens (including phenoxy) is 2. The van der Waals surface area contributed by atoms with E-state index in [0.717, 1.165) is 32.7 Å². The molecule has 0 aliphatic rings. The number of rotatable bonds is 10. The molecule has 0 aliphatic heterocycles. The highest BCUT2D eigenvalue weighted by atomic mass is 16.5. The first-order valence-corrected chi connectivity index (χ1v) is 12.4. The lowest BCUT2D eigenvalue weighted by Gasteiger charge is -2.17. The number of benzene rings is 5. The fraction of sp³-hybridized carbons (Fsp3) is 0.125. The van der Waals surface area contributed by atoms with Gasteiger partial charge in [0.2, 0.25) is 0 Å². The number of fused-ring (bicyclic) bond motifs is 2. The quantitative estimate of drug-likeness (QED) is 0.221. The molecule has 0 amide bonds. The highest BCUT2D eigenvalue weighted by Crippen LogP contribution is 2.35. The Balaban J connectivity index is 1.39. The Labute approximate surface area is 219 Å². The van der Waals surface area contributed by atoms with E-state index < -0.39 is 17.5 Å². The van der Waals surface area contributed by atoms with Gasteiger partial charge in [0, 0.05) is 12.8 Å². The molecule has 5 rings (SSSR count). The second kappa shape index (κ2) is 11.0. The standard InChI is InChI=1S/C32H26O6/c33-31(34)27-15-16-28(37-19-17-23-11-5-9-21-7-1-3-13-25(21)23)30(29(27)32(35)36)38-20-18-24-12-6-10-22-8-2-4-14-26(22)24/h1-16H,17-20H2,(H,33,34)(H,35,36). The molecule has 5 aromatic rings. The van der Waals surface area contributed by atoms with E-state index in [1.165, 1.54) is 12.1 Å². The molecule has 0 bridgehead atoms. The zero-order valence-electron chi connectivity index (χ0n) is 20.6. The summed E-state index contributed by atoms with van der Waals surface area (Å²) in [6.07, 6.45) is 1.09. The van der Waals surface area contributed by atoms with Crippen molar-refractivity contribution < 1.29 is 29.3 Å². The van der Waals surface area contributed by atoms with Crippen LogP contribution in [0.25, 0.3) is 21.5 Å². The Morgan fingerprint density at radius 2 is 1.11 bits per heavy atom. The molecule has 0 radical (unpaired) electrons. The zero-order chi connectivity index (χ0) is 26.5. The van der Waals surface area contributed by atoms with Crippen molar-refractivity contribution in [3.8, 4) is 11.5 Å². The van der Waals surface area contributed by atoms with Crippen LogP contribution in [0.5, 0.6) is 11.5 Å². The van der Waals surface area contributed by atoms with Crippen molar-refractivity contribution >= 4 is 33.5 Å². The zero-order valence-corrected chi connectivity index (χ0v) is 20.6. The van der Waals surface area contributed by atoms with E-state index in [2.05, 4.69) is 6.07 Å². The summed E-state index contributed by atoms with van der Waals surface area (Å²) in [5.74, 6) is -2.60. The molecule has 0 aromatic heterocycles. The second-order valence-electron chi connectivity index (χ2n) is 8.90. The fourth-order valence-corrected chi connectivity index (χ4v) is 4.77. The third-order valence-electron chi connectivity index (χ3n) is 6.57. The lowest BCUT2D eigenvalue weighted by Crippen LogP contribution is -2.14. The first kappa shape index (κ1) is 24.8. The molecule has 190 valence electrons. The van der Waals surface area contributed by atoms with Crippen molar-refractivity contribution in [2.75, 3.05) is 13.2 Å². The van der Waals surface area contributed by atoms with Gasteiger partial charge in [0.05, 0.1) is 18.8 Å². The molecule has 6 nitrogen and oxygen atoms in total. The third kappa shape index (κ3) is 5.15. The molecule has 5 aromatic carbocycles. The largest absolute Gasteiger partial charge is 0.489 e. The first-order chi connectivity index (χ1) is 18.5. The molecule has 0 saturated carbocycles. The van der Waals surface area contributed by atoms with Gasteiger partial charge in [0.1, 0.15) is 5.56 Å². The molecule has 0 heterocycles. The van der Waals surface area contributed by atoms with Crippen LogP contribution < -0.4 is 9.47 Å². The van der Waals surface area contributed by atoms with Gasteiger partial charge in [-0.05, 0) is 44.8 Å². The van der Waals surface area contributed by atoms with Gasteiger partial charge in [0.15, 0.2) is 11.5 Å². The fourth-order valence-electron chi connectivity index (χ4n) is 4.77. The van der Waals surface area contributed by atoms with E-state index in [4.69, 9.17) is 9.47 Å². The third-order valence-corrected chi connectivity index (χ3v) is 6.57. The van der Waals surface area contributed by atoms with Crippen molar-refractivity contribution in [2.24, 2.45) is 0 Å². The van der Waals surface area contributed by atoms with E-state index in [0.29, 0.717) is 12.8 Å². The van der Waals surface area contributed by atoms with Crippen molar-refractivity contribution in [3.63, 3.8) is 0 Å². The summed E-state index contributed by atoms with van der Waals surface area (Å²) in [4.78, 5) is 23.9.